The first-order valence-electron chi connectivity index (χ1n) is 8.04. The Kier molecular flexibility index (Phi) is 4.75. The Morgan fingerprint density at radius 3 is 2.84 bits per heavy atom. The normalized spacial score (nSPS) is 23.4. The third-order valence-corrected chi connectivity index (χ3v) is 5.76. The van der Waals surface area contributed by atoms with Crippen LogP contribution in [0.1, 0.15) is 18.9 Å². The van der Waals surface area contributed by atoms with Gasteiger partial charge in [-0.2, -0.15) is 0 Å². The number of β-lactam (4-membered cyclic amide) rings is 1. The van der Waals surface area contributed by atoms with Crippen molar-refractivity contribution in [2.75, 3.05) is 19.0 Å². The lowest BCUT2D eigenvalue weighted by Crippen LogP contribution is -2.61. The van der Waals surface area contributed by atoms with Gasteiger partial charge in [-0.15, -0.1) is 11.8 Å². The predicted octanol–water partition coefficient (Wildman–Crippen LogP) is 1.29. The molecular weight excluding hydrogens is 342 g/mol. The number of hydrogen-bond acceptors (Lipinski definition) is 6. The van der Waals surface area contributed by atoms with Crippen molar-refractivity contribution in [3.63, 3.8) is 0 Å². The Morgan fingerprint density at radius 2 is 2.24 bits per heavy atom. The highest BCUT2D eigenvalue weighted by molar-refractivity contribution is 8.02. The van der Waals surface area contributed by atoms with Crippen molar-refractivity contribution in [3.8, 4) is 0 Å². The van der Waals surface area contributed by atoms with Crippen LogP contribution in [-0.4, -0.2) is 58.2 Å². The molecule has 2 N–H and O–H groups in total. The summed E-state index contributed by atoms with van der Waals surface area (Å²) in [5.74, 6) is -0.458. The Balaban J connectivity index is 1.77. The second kappa shape index (κ2) is 6.68. The predicted molar refractivity (Wildman–Crippen MR) is 94.9 cm³/mol. The molecule has 1 saturated heterocycles. The number of fused-ring (bicyclic) bond motifs is 1. The number of carboxylic acid groups (broad SMARTS) is 1. The summed E-state index contributed by atoms with van der Waals surface area (Å²) >= 11 is 1.43. The minimum absolute atomic E-state index is 0.0683. The minimum atomic E-state index is -1.09. The average molecular weight is 363 g/mol. The van der Waals surface area contributed by atoms with Gasteiger partial charge >= 0.3 is 5.97 Å². The number of aromatic nitrogens is 1. The molecule has 2 aliphatic rings. The Bertz CT molecular complexity index is 747. The Morgan fingerprint density at radius 1 is 1.52 bits per heavy atom. The van der Waals surface area contributed by atoms with Crippen LogP contribution >= 0.6 is 11.8 Å². The number of aliphatic hydroxyl groups excluding tert-OH is 1. The fourth-order valence-corrected chi connectivity index (χ4v) is 4.46. The van der Waals surface area contributed by atoms with Crippen molar-refractivity contribution >= 4 is 29.5 Å². The molecule has 8 heteroatoms. The molecule has 1 aromatic heterocycles. The molecule has 1 fully saturated rings. The summed E-state index contributed by atoms with van der Waals surface area (Å²) in [6, 6.07) is 3.62. The number of carbonyl (C=O) groups is 2. The number of aliphatic hydroxyl groups is 1. The van der Waals surface area contributed by atoms with E-state index in [1.165, 1.54) is 16.7 Å². The molecule has 134 valence electrons. The third kappa shape index (κ3) is 3.11. The first-order chi connectivity index (χ1) is 11.8. The number of aliphatic carboxylic acids is 1. The van der Waals surface area contributed by atoms with Crippen molar-refractivity contribution in [2.24, 2.45) is 5.92 Å². The van der Waals surface area contributed by atoms with Gasteiger partial charge in [0, 0.05) is 37.4 Å². The highest BCUT2D eigenvalue weighted by Gasteiger charge is 2.56. The number of carbonyl (C=O) groups excluding carboxylic acids is 1. The fourth-order valence-electron chi connectivity index (χ4n) is 3.33. The van der Waals surface area contributed by atoms with Crippen LogP contribution in [-0.2, 0) is 15.3 Å². The molecule has 0 saturated carbocycles. The molecular formula is C17H21N3O4S. The van der Waals surface area contributed by atoms with Gasteiger partial charge in [0.15, 0.2) is 0 Å². The second-order valence-electron chi connectivity index (χ2n) is 6.53. The van der Waals surface area contributed by atoms with Gasteiger partial charge in [-0.3, -0.25) is 4.79 Å². The summed E-state index contributed by atoms with van der Waals surface area (Å²) in [6.45, 7) is 1.57. The number of carboxylic acids is 1. The van der Waals surface area contributed by atoms with E-state index in [1.54, 1.807) is 13.1 Å². The van der Waals surface area contributed by atoms with E-state index in [1.807, 2.05) is 31.1 Å². The quantitative estimate of drug-likeness (QED) is 0.736. The van der Waals surface area contributed by atoms with Gasteiger partial charge in [0.2, 0.25) is 5.91 Å². The van der Waals surface area contributed by atoms with Crippen LogP contribution in [0.3, 0.4) is 0 Å². The Labute approximate surface area is 150 Å². The van der Waals surface area contributed by atoms with Crippen molar-refractivity contribution in [1.82, 2.24) is 9.88 Å². The van der Waals surface area contributed by atoms with E-state index in [0.717, 1.165) is 11.4 Å². The zero-order valence-electron chi connectivity index (χ0n) is 14.3. The monoisotopic (exact) mass is 363 g/mol. The molecule has 0 bridgehead atoms. The first-order valence-corrected chi connectivity index (χ1v) is 9.02. The maximum absolute atomic E-state index is 12.2. The Hall–Kier alpha value is -2.06. The molecule has 2 aliphatic heterocycles. The lowest BCUT2D eigenvalue weighted by atomic mass is 9.83. The van der Waals surface area contributed by atoms with Crippen LogP contribution in [0, 0.1) is 5.92 Å². The fraction of sp³-hybridized carbons (Fsp3) is 0.471. The van der Waals surface area contributed by atoms with Gasteiger partial charge in [-0.25, -0.2) is 9.78 Å². The molecule has 1 amide bonds. The summed E-state index contributed by atoms with van der Waals surface area (Å²) in [5.41, 5.74) is 1.10. The number of pyridine rings is 1. The minimum Gasteiger partial charge on any atom is -0.477 e. The smallest absolute Gasteiger partial charge is 0.353 e. The highest BCUT2D eigenvalue weighted by atomic mass is 32.2. The summed E-state index contributed by atoms with van der Waals surface area (Å²) < 4.78 is 0. The summed E-state index contributed by atoms with van der Waals surface area (Å²) in [7, 11) is 3.82. The van der Waals surface area contributed by atoms with E-state index >= 15 is 0 Å². The van der Waals surface area contributed by atoms with Crippen LogP contribution in [0.5, 0.6) is 0 Å². The standard InChI is InChI=1S/C17H21N3O4S/c1-9(21)14-11-7-12(15(17(23)24)20(11)16(14)22)25-8-10-4-5-18-13(6-10)19(2)3/h4-6,9,11,14,21H,7-8H2,1-3H3,(H,23,24)/t9-,11+,14-/m1/s1. The third-order valence-electron chi connectivity index (χ3n) is 4.57. The zero-order chi connectivity index (χ0) is 18.3. The first kappa shape index (κ1) is 17.8. The van der Waals surface area contributed by atoms with Crippen LogP contribution < -0.4 is 4.90 Å². The van der Waals surface area contributed by atoms with E-state index in [4.69, 9.17) is 0 Å². The molecule has 3 heterocycles. The van der Waals surface area contributed by atoms with E-state index in [-0.39, 0.29) is 17.6 Å². The molecule has 25 heavy (non-hydrogen) atoms. The van der Waals surface area contributed by atoms with Gasteiger partial charge in [0.05, 0.1) is 18.1 Å². The number of rotatable bonds is 6. The molecule has 0 unspecified atom stereocenters. The maximum Gasteiger partial charge on any atom is 0.353 e. The molecule has 0 radical (unpaired) electrons. The van der Waals surface area contributed by atoms with Crippen molar-refractivity contribution in [1.29, 1.82) is 0 Å². The van der Waals surface area contributed by atoms with Crippen LogP contribution in [0.2, 0.25) is 0 Å². The van der Waals surface area contributed by atoms with Gasteiger partial charge < -0.3 is 20.0 Å². The highest BCUT2D eigenvalue weighted by Crippen LogP contribution is 2.47. The summed E-state index contributed by atoms with van der Waals surface area (Å²) in [5, 5.41) is 19.3. The lowest BCUT2D eigenvalue weighted by molar-refractivity contribution is -0.161. The molecule has 3 atom stereocenters. The van der Waals surface area contributed by atoms with E-state index in [2.05, 4.69) is 4.98 Å². The van der Waals surface area contributed by atoms with Crippen molar-refractivity contribution in [2.45, 2.75) is 31.2 Å². The zero-order valence-corrected chi connectivity index (χ0v) is 15.2. The number of hydrogen-bond donors (Lipinski definition) is 2. The SMILES string of the molecule is C[C@@H](O)[C@H]1C(=O)N2C(C(=O)O)=C(SCc3ccnc(N(C)C)c3)C[C@@H]12. The number of nitrogens with zero attached hydrogens (tertiary/aromatic N) is 3. The van der Waals surface area contributed by atoms with Crippen LogP contribution in [0.25, 0.3) is 0 Å². The van der Waals surface area contributed by atoms with Gasteiger partial charge in [-0.1, -0.05) is 0 Å². The maximum atomic E-state index is 12.2. The van der Waals surface area contributed by atoms with Crippen molar-refractivity contribution in [3.05, 3.63) is 34.5 Å². The summed E-state index contributed by atoms with van der Waals surface area (Å²) in [4.78, 5) is 32.0. The summed E-state index contributed by atoms with van der Waals surface area (Å²) in [6.07, 6.45) is 1.45. The van der Waals surface area contributed by atoms with E-state index in [9.17, 15) is 19.8 Å². The largest absolute Gasteiger partial charge is 0.477 e. The number of amides is 1. The number of anilines is 1. The topological polar surface area (TPSA) is 94.0 Å². The molecule has 0 aliphatic carbocycles. The molecule has 1 aromatic rings. The number of thioether (sulfide) groups is 1. The van der Waals surface area contributed by atoms with Gasteiger partial charge in [0.25, 0.3) is 0 Å². The second-order valence-corrected chi connectivity index (χ2v) is 7.60. The average Bonchev–Trinajstić information content (AvgIpc) is 2.87. The van der Waals surface area contributed by atoms with Crippen LogP contribution in [0.4, 0.5) is 5.82 Å². The van der Waals surface area contributed by atoms with Crippen molar-refractivity contribution < 1.29 is 19.8 Å². The van der Waals surface area contributed by atoms with Gasteiger partial charge in [0.1, 0.15) is 11.5 Å². The van der Waals surface area contributed by atoms with E-state index < -0.39 is 18.0 Å². The molecule has 3 rings (SSSR count). The molecule has 0 aromatic carbocycles. The van der Waals surface area contributed by atoms with E-state index in [0.29, 0.717) is 17.1 Å². The molecule has 7 nitrogen and oxygen atoms in total. The van der Waals surface area contributed by atoms with Crippen LogP contribution in [0.15, 0.2) is 28.9 Å². The van der Waals surface area contributed by atoms with Gasteiger partial charge in [-0.05, 0) is 24.6 Å². The molecule has 0 spiro atoms. The lowest BCUT2D eigenvalue weighted by Gasteiger charge is -2.44.